The van der Waals surface area contributed by atoms with Gasteiger partial charge in [-0.2, -0.15) is 4.31 Å². The molecule has 1 saturated carbocycles. The summed E-state index contributed by atoms with van der Waals surface area (Å²) in [6.45, 7) is 1.87. The Morgan fingerprint density at radius 3 is 2.58 bits per heavy atom. The number of hydrogen-bond donors (Lipinski definition) is 2. The molecule has 1 atom stereocenters. The summed E-state index contributed by atoms with van der Waals surface area (Å²) < 4.78 is 34.3. The topological polar surface area (TPSA) is 109 Å². The van der Waals surface area contributed by atoms with Crippen LogP contribution in [0.2, 0.25) is 0 Å². The van der Waals surface area contributed by atoms with Crippen molar-refractivity contribution < 1.29 is 23.2 Å². The molecule has 1 unspecified atom stereocenters. The molecule has 3 rings (SSSR count). The van der Waals surface area contributed by atoms with Crippen LogP contribution in [0.15, 0.2) is 53.7 Å². The highest BCUT2D eigenvalue weighted by Gasteiger charge is 2.41. The number of benzene rings is 1. The van der Waals surface area contributed by atoms with Gasteiger partial charge in [0.2, 0.25) is 10.0 Å². The van der Waals surface area contributed by atoms with Crippen molar-refractivity contribution in [3.05, 3.63) is 54.4 Å². The molecule has 0 bridgehead atoms. The van der Waals surface area contributed by atoms with Crippen molar-refractivity contribution in [3.8, 4) is 17.6 Å². The number of carbonyl (C=O) groups excluding carboxylic acids is 1. The summed E-state index contributed by atoms with van der Waals surface area (Å²) in [5.41, 5.74) is 2.34. The van der Waals surface area contributed by atoms with Crippen LogP contribution < -0.4 is 10.2 Å². The summed E-state index contributed by atoms with van der Waals surface area (Å²) >= 11 is 0. The summed E-state index contributed by atoms with van der Waals surface area (Å²) in [5, 5.41) is 9.47. The standard InChI is InChI=1S/C24H29N3O5S/c1-2-3-16-32-21-11-13-22(14-12-21)33(30,31)27(18-19-8-7-15-25-17-19)23(24(28)26-29)20-9-5-4-6-10-20/h7-8,11-15,17,20,23,29H,4-6,9-10,16,18H2,1H3,(H,26,28). The maximum atomic E-state index is 13.8. The molecular weight excluding hydrogens is 442 g/mol. The minimum Gasteiger partial charge on any atom is -0.481 e. The molecule has 0 saturated heterocycles. The second kappa shape index (κ2) is 11.8. The summed E-state index contributed by atoms with van der Waals surface area (Å²) in [4.78, 5) is 16.9. The fourth-order valence-electron chi connectivity index (χ4n) is 4.14. The van der Waals surface area contributed by atoms with E-state index >= 15 is 0 Å². The van der Waals surface area contributed by atoms with Crippen molar-refractivity contribution in [2.45, 2.75) is 56.5 Å². The maximum absolute atomic E-state index is 13.8. The van der Waals surface area contributed by atoms with Crippen LogP contribution >= 0.6 is 0 Å². The Kier molecular flexibility index (Phi) is 8.83. The molecule has 0 aliphatic heterocycles. The van der Waals surface area contributed by atoms with Gasteiger partial charge >= 0.3 is 0 Å². The Balaban J connectivity index is 1.99. The first-order valence-electron chi connectivity index (χ1n) is 10.9. The lowest BCUT2D eigenvalue weighted by molar-refractivity contribution is -0.135. The van der Waals surface area contributed by atoms with Gasteiger partial charge in [0.1, 0.15) is 18.4 Å². The molecule has 2 aromatic rings. The molecule has 1 aliphatic carbocycles. The molecule has 1 heterocycles. The zero-order valence-electron chi connectivity index (χ0n) is 18.6. The zero-order chi connectivity index (χ0) is 23.7. The summed E-state index contributed by atoms with van der Waals surface area (Å²) in [6.07, 6.45) is 7.46. The number of hydroxylamine groups is 1. The smallest absolute Gasteiger partial charge is 0.262 e. The second-order valence-corrected chi connectivity index (χ2v) is 9.81. The van der Waals surface area contributed by atoms with Crippen LogP contribution in [-0.2, 0) is 21.4 Å². The molecule has 1 aliphatic rings. The predicted octanol–water partition coefficient (Wildman–Crippen LogP) is 3.13. The highest BCUT2D eigenvalue weighted by Crippen LogP contribution is 2.33. The average Bonchev–Trinajstić information content (AvgIpc) is 2.85. The molecule has 1 fully saturated rings. The van der Waals surface area contributed by atoms with Gasteiger partial charge in [0.05, 0.1) is 4.90 Å². The molecular formula is C24H29N3O5S. The van der Waals surface area contributed by atoms with Crippen molar-refractivity contribution in [1.82, 2.24) is 14.8 Å². The Morgan fingerprint density at radius 2 is 1.97 bits per heavy atom. The molecule has 33 heavy (non-hydrogen) atoms. The Bertz CT molecular complexity index is 1070. The van der Waals surface area contributed by atoms with Crippen molar-refractivity contribution in [3.63, 3.8) is 0 Å². The van der Waals surface area contributed by atoms with Gasteiger partial charge in [-0.25, -0.2) is 13.9 Å². The number of nitrogens with one attached hydrogen (secondary N) is 1. The van der Waals surface area contributed by atoms with Crippen molar-refractivity contribution in [2.75, 3.05) is 6.61 Å². The third-order valence-corrected chi connectivity index (χ3v) is 7.61. The van der Waals surface area contributed by atoms with Gasteiger partial charge < -0.3 is 4.74 Å². The van der Waals surface area contributed by atoms with E-state index < -0.39 is 22.0 Å². The molecule has 176 valence electrons. The first-order valence-corrected chi connectivity index (χ1v) is 12.4. The summed E-state index contributed by atoms with van der Waals surface area (Å²) in [7, 11) is -4.09. The number of ether oxygens (including phenoxy) is 1. The zero-order valence-corrected chi connectivity index (χ0v) is 19.4. The van der Waals surface area contributed by atoms with Gasteiger partial charge in [-0.15, -0.1) is 5.92 Å². The van der Waals surface area contributed by atoms with E-state index in [1.54, 1.807) is 49.1 Å². The molecule has 1 aromatic heterocycles. The fraction of sp³-hybridized carbons (Fsp3) is 0.417. The Labute approximate surface area is 195 Å². The lowest BCUT2D eigenvalue weighted by Gasteiger charge is -2.36. The number of nitrogens with zero attached hydrogens (tertiary/aromatic N) is 2. The second-order valence-electron chi connectivity index (χ2n) is 7.92. The van der Waals surface area contributed by atoms with Crippen LogP contribution in [0.3, 0.4) is 0 Å². The fourth-order valence-corrected chi connectivity index (χ4v) is 5.77. The monoisotopic (exact) mass is 471 g/mol. The van der Waals surface area contributed by atoms with E-state index in [1.807, 2.05) is 0 Å². The third-order valence-electron chi connectivity index (χ3n) is 5.76. The first kappa shape index (κ1) is 24.7. The molecule has 2 N–H and O–H groups in total. The minimum atomic E-state index is -4.09. The normalized spacial score (nSPS) is 15.4. The molecule has 9 heteroatoms. The molecule has 1 aromatic carbocycles. The Hall–Kier alpha value is -2.93. The first-order chi connectivity index (χ1) is 16.0. The van der Waals surface area contributed by atoms with Crippen LogP contribution in [-0.4, -0.2) is 41.5 Å². The predicted molar refractivity (Wildman–Crippen MR) is 123 cm³/mol. The number of sulfonamides is 1. The van der Waals surface area contributed by atoms with E-state index in [2.05, 4.69) is 16.8 Å². The maximum Gasteiger partial charge on any atom is 0.262 e. The lowest BCUT2D eigenvalue weighted by atomic mass is 9.83. The molecule has 0 radical (unpaired) electrons. The van der Waals surface area contributed by atoms with E-state index in [-0.39, 0.29) is 24.0 Å². The van der Waals surface area contributed by atoms with Crippen LogP contribution in [0.4, 0.5) is 0 Å². The SMILES string of the molecule is CC#CCOc1ccc(S(=O)(=O)N(Cc2cccnc2)C(C(=O)NO)C2CCCCC2)cc1. The number of amides is 1. The quantitative estimate of drug-likeness (QED) is 0.330. The van der Waals surface area contributed by atoms with E-state index in [9.17, 15) is 18.4 Å². The number of aromatic nitrogens is 1. The van der Waals surface area contributed by atoms with Gasteiger partial charge in [-0.05, 0) is 61.6 Å². The molecule has 0 spiro atoms. The number of rotatable bonds is 9. The van der Waals surface area contributed by atoms with Gasteiger partial charge in [0, 0.05) is 18.9 Å². The average molecular weight is 472 g/mol. The van der Waals surface area contributed by atoms with Gasteiger partial charge in [0.15, 0.2) is 0 Å². The van der Waals surface area contributed by atoms with E-state index in [1.165, 1.54) is 16.4 Å². The number of pyridine rings is 1. The van der Waals surface area contributed by atoms with Gasteiger partial charge in [0.25, 0.3) is 5.91 Å². The number of hydrogen-bond acceptors (Lipinski definition) is 6. The van der Waals surface area contributed by atoms with E-state index in [4.69, 9.17) is 4.74 Å². The van der Waals surface area contributed by atoms with Crippen LogP contribution in [0, 0.1) is 17.8 Å². The van der Waals surface area contributed by atoms with Crippen molar-refractivity contribution in [2.24, 2.45) is 5.92 Å². The largest absolute Gasteiger partial charge is 0.481 e. The van der Waals surface area contributed by atoms with Crippen molar-refractivity contribution in [1.29, 1.82) is 0 Å². The lowest BCUT2D eigenvalue weighted by Crippen LogP contribution is -2.52. The molecule has 1 amide bonds. The van der Waals surface area contributed by atoms with Gasteiger partial charge in [-0.3, -0.25) is 15.0 Å². The minimum absolute atomic E-state index is 0.0341. The van der Waals surface area contributed by atoms with E-state index in [0.717, 1.165) is 19.3 Å². The summed E-state index contributed by atoms with van der Waals surface area (Å²) in [6, 6.07) is 8.46. The highest BCUT2D eigenvalue weighted by atomic mass is 32.2. The van der Waals surface area contributed by atoms with Crippen LogP contribution in [0.25, 0.3) is 0 Å². The van der Waals surface area contributed by atoms with Crippen molar-refractivity contribution >= 4 is 15.9 Å². The highest BCUT2D eigenvalue weighted by molar-refractivity contribution is 7.89. The van der Waals surface area contributed by atoms with Gasteiger partial charge in [-0.1, -0.05) is 31.2 Å². The third kappa shape index (κ3) is 6.32. The van der Waals surface area contributed by atoms with E-state index in [0.29, 0.717) is 24.2 Å². The van der Waals surface area contributed by atoms with Crippen LogP contribution in [0.1, 0.15) is 44.6 Å². The van der Waals surface area contributed by atoms with Crippen LogP contribution in [0.5, 0.6) is 5.75 Å². The molecule has 8 nitrogen and oxygen atoms in total. The summed E-state index contributed by atoms with van der Waals surface area (Å²) in [5.74, 6) is 5.08. The number of carbonyl (C=O) groups is 1. The Morgan fingerprint density at radius 1 is 1.24 bits per heavy atom.